The molecule has 0 radical (unpaired) electrons. The summed E-state index contributed by atoms with van der Waals surface area (Å²) < 4.78 is 30.4. The molecule has 0 amide bonds. The molecule has 1 aromatic heterocycles. The lowest BCUT2D eigenvalue weighted by molar-refractivity contribution is 0.0554. The predicted octanol–water partition coefficient (Wildman–Crippen LogP) is -1.00. The molecule has 0 fully saturated rings. The fraction of sp³-hybridized carbons (Fsp3) is 0.500. The van der Waals surface area contributed by atoms with Crippen molar-refractivity contribution in [2.45, 2.75) is 11.0 Å². The van der Waals surface area contributed by atoms with Crippen molar-refractivity contribution in [3.8, 4) is 0 Å². The van der Waals surface area contributed by atoms with E-state index in [9.17, 15) is 13.5 Å². The van der Waals surface area contributed by atoms with Gasteiger partial charge >= 0.3 is 0 Å². The van der Waals surface area contributed by atoms with Gasteiger partial charge in [-0.2, -0.15) is 4.31 Å². The van der Waals surface area contributed by atoms with Gasteiger partial charge in [0.05, 0.1) is 12.7 Å². The number of hydrazine groups is 1. The van der Waals surface area contributed by atoms with Gasteiger partial charge in [-0.05, 0) is 12.1 Å². The van der Waals surface area contributed by atoms with E-state index >= 15 is 0 Å². The van der Waals surface area contributed by atoms with Gasteiger partial charge in [0.1, 0.15) is 4.90 Å². The Labute approximate surface area is 112 Å². The molecule has 108 valence electrons. The van der Waals surface area contributed by atoms with Crippen molar-refractivity contribution in [1.82, 2.24) is 9.29 Å². The average molecular weight is 290 g/mol. The van der Waals surface area contributed by atoms with E-state index in [1.165, 1.54) is 32.5 Å². The summed E-state index contributed by atoms with van der Waals surface area (Å²) in [6.07, 6.45) is 0.518. The van der Waals surface area contributed by atoms with Crippen LogP contribution in [0.1, 0.15) is 0 Å². The molecule has 19 heavy (non-hydrogen) atoms. The number of anilines is 1. The maximum Gasteiger partial charge on any atom is 0.246 e. The number of likely N-dealkylation sites (N-methyl/N-ethyl adjacent to an activating group) is 1. The van der Waals surface area contributed by atoms with Gasteiger partial charge in [-0.15, -0.1) is 0 Å². The Kier molecular flexibility index (Phi) is 5.63. The first-order chi connectivity index (χ1) is 8.93. The number of hydrogen-bond acceptors (Lipinski definition) is 7. The summed E-state index contributed by atoms with van der Waals surface area (Å²) >= 11 is 0. The van der Waals surface area contributed by atoms with E-state index < -0.39 is 16.1 Å². The van der Waals surface area contributed by atoms with Crippen LogP contribution in [0, 0.1) is 0 Å². The number of pyridine rings is 1. The van der Waals surface area contributed by atoms with Crippen LogP contribution in [0.2, 0.25) is 0 Å². The van der Waals surface area contributed by atoms with Gasteiger partial charge in [0, 0.05) is 26.9 Å². The number of nitrogens with one attached hydrogen (secondary N) is 1. The Bertz CT molecular complexity index is 508. The SMILES string of the molecule is COCC(O)CN(C)S(=O)(=O)c1cccnc1NN. The van der Waals surface area contributed by atoms with Crippen LogP contribution in [-0.2, 0) is 14.8 Å². The van der Waals surface area contributed by atoms with E-state index in [0.29, 0.717) is 0 Å². The van der Waals surface area contributed by atoms with Crippen LogP contribution >= 0.6 is 0 Å². The van der Waals surface area contributed by atoms with Crippen molar-refractivity contribution in [2.24, 2.45) is 5.84 Å². The summed E-state index contributed by atoms with van der Waals surface area (Å²) in [5.74, 6) is 5.28. The van der Waals surface area contributed by atoms with Crippen LogP contribution < -0.4 is 11.3 Å². The van der Waals surface area contributed by atoms with E-state index in [1.54, 1.807) is 0 Å². The topological polar surface area (TPSA) is 118 Å². The molecule has 1 atom stereocenters. The number of methoxy groups -OCH3 is 1. The molecule has 0 aromatic carbocycles. The van der Waals surface area contributed by atoms with Crippen molar-refractivity contribution in [2.75, 3.05) is 32.7 Å². The van der Waals surface area contributed by atoms with Gasteiger partial charge in [0.2, 0.25) is 10.0 Å². The number of sulfonamides is 1. The molecule has 4 N–H and O–H groups in total. The average Bonchev–Trinajstić information content (AvgIpc) is 2.38. The van der Waals surface area contributed by atoms with Gasteiger partial charge in [0.15, 0.2) is 5.82 Å². The smallest absolute Gasteiger partial charge is 0.246 e. The molecule has 0 spiro atoms. The van der Waals surface area contributed by atoms with Gasteiger partial charge in [-0.1, -0.05) is 0 Å². The summed E-state index contributed by atoms with van der Waals surface area (Å²) in [6, 6.07) is 2.88. The lowest BCUT2D eigenvalue weighted by Crippen LogP contribution is -2.36. The van der Waals surface area contributed by atoms with Crippen LogP contribution in [0.5, 0.6) is 0 Å². The minimum Gasteiger partial charge on any atom is -0.389 e. The maximum absolute atomic E-state index is 12.3. The zero-order valence-electron chi connectivity index (χ0n) is 10.8. The summed E-state index contributed by atoms with van der Waals surface area (Å²) in [7, 11) is -0.994. The molecular formula is C10H18N4O4S. The van der Waals surface area contributed by atoms with Crippen molar-refractivity contribution in [1.29, 1.82) is 0 Å². The van der Waals surface area contributed by atoms with E-state index in [1.807, 2.05) is 0 Å². The summed E-state index contributed by atoms with van der Waals surface area (Å²) in [4.78, 5) is 3.78. The number of rotatable bonds is 7. The van der Waals surface area contributed by atoms with Crippen molar-refractivity contribution >= 4 is 15.8 Å². The fourth-order valence-electron chi connectivity index (χ4n) is 1.51. The highest BCUT2D eigenvalue weighted by molar-refractivity contribution is 7.89. The third kappa shape index (κ3) is 3.85. The Hall–Kier alpha value is -1.26. The number of nitrogens with two attached hydrogens (primary N) is 1. The van der Waals surface area contributed by atoms with Crippen LogP contribution in [0.25, 0.3) is 0 Å². The van der Waals surface area contributed by atoms with Crippen LogP contribution in [-0.4, -0.2) is 56.2 Å². The number of ether oxygens (including phenoxy) is 1. The van der Waals surface area contributed by atoms with E-state index in [2.05, 4.69) is 10.4 Å². The Balaban J connectivity index is 2.97. The maximum atomic E-state index is 12.3. The standard InChI is InChI=1S/C10H18N4O4S/c1-14(6-8(15)7-18-2)19(16,17)9-4-3-5-12-10(9)13-11/h3-5,8,15H,6-7,11H2,1-2H3,(H,12,13). The highest BCUT2D eigenvalue weighted by Gasteiger charge is 2.26. The first-order valence-corrected chi connectivity index (χ1v) is 6.92. The first kappa shape index (κ1) is 15.8. The number of nitrogens with zero attached hydrogens (tertiary/aromatic N) is 2. The Morgan fingerprint density at radius 2 is 2.32 bits per heavy atom. The minimum absolute atomic E-state index is 0.0505. The van der Waals surface area contributed by atoms with Crippen LogP contribution in [0.4, 0.5) is 5.82 Å². The number of aliphatic hydroxyl groups excluding tert-OH is 1. The fourth-order valence-corrected chi connectivity index (χ4v) is 2.83. The molecule has 0 saturated heterocycles. The van der Waals surface area contributed by atoms with Crippen molar-refractivity contribution in [3.05, 3.63) is 18.3 Å². The van der Waals surface area contributed by atoms with E-state index in [0.717, 1.165) is 4.31 Å². The van der Waals surface area contributed by atoms with Crippen LogP contribution in [0.3, 0.4) is 0 Å². The second-order valence-corrected chi connectivity index (χ2v) is 5.90. The van der Waals surface area contributed by atoms with Crippen molar-refractivity contribution < 1.29 is 18.3 Å². The summed E-state index contributed by atoms with van der Waals surface area (Å²) in [6.45, 7) is -0.0377. The normalized spacial score (nSPS) is 13.5. The highest BCUT2D eigenvalue weighted by Crippen LogP contribution is 2.20. The number of aromatic nitrogens is 1. The van der Waals surface area contributed by atoms with Gasteiger partial charge in [0.25, 0.3) is 0 Å². The largest absolute Gasteiger partial charge is 0.389 e. The summed E-state index contributed by atoms with van der Waals surface area (Å²) in [5.41, 5.74) is 2.23. The first-order valence-electron chi connectivity index (χ1n) is 5.48. The third-order valence-electron chi connectivity index (χ3n) is 2.42. The van der Waals surface area contributed by atoms with Gasteiger partial charge < -0.3 is 15.3 Å². The number of nitrogen functional groups attached to an aromatic ring is 1. The second-order valence-electron chi connectivity index (χ2n) is 3.89. The monoisotopic (exact) mass is 290 g/mol. The number of aliphatic hydroxyl groups is 1. The molecule has 1 unspecified atom stereocenters. The zero-order chi connectivity index (χ0) is 14.5. The highest BCUT2D eigenvalue weighted by atomic mass is 32.2. The molecular weight excluding hydrogens is 272 g/mol. The molecule has 0 aliphatic rings. The minimum atomic E-state index is -3.78. The van der Waals surface area contributed by atoms with Crippen molar-refractivity contribution in [3.63, 3.8) is 0 Å². The quantitative estimate of drug-likeness (QED) is 0.435. The van der Waals surface area contributed by atoms with E-state index in [4.69, 9.17) is 10.6 Å². The molecule has 8 nitrogen and oxygen atoms in total. The molecule has 0 saturated carbocycles. The molecule has 0 aliphatic heterocycles. The molecule has 0 bridgehead atoms. The lowest BCUT2D eigenvalue weighted by Gasteiger charge is -2.21. The Morgan fingerprint density at radius 1 is 1.63 bits per heavy atom. The molecule has 1 aromatic rings. The third-order valence-corrected chi connectivity index (χ3v) is 4.28. The predicted molar refractivity (Wildman–Crippen MR) is 69.7 cm³/mol. The molecule has 0 aliphatic carbocycles. The van der Waals surface area contributed by atoms with E-state index in [-0.39, 0.29) is 23.9 Å². The zero-order valence-corrected chi connectivity index (χ0v) is 11.6. The lowest BCUT2D eigenvalue weighted by atomic mass is 10.4. The second kappa shape index (κ2) is 6.78. The summed E-state index contributed by atoms with van der Waals surface area (Å²) in [5, 5.41) is 9.57. The molecule has 1 rings (SSSR count). The number of hydrogen-bond donors (Lipinski definition) is 3. The van der Waals surface area contributed by atoms with Gasteiger partial charge in [-0.3, -0.25) is 0 Å². The molecule has 1 heterocycles. The molecule has 9 heteroatoms. The Morgan fingerprint density at radius 3 is 2.89 bits per heavy atom. The van der Waals surface area contributed by atoms with Crippen LogP contribution in [0.15, 0.2) is 23.2 Å². The van der Waals surface area contributed by atoms with Gasteiger partial charge in [-0.25, -0.2) is 19.2 Å².